The molecule has 8 amide bonds. The number of aliphatic imine (C=N–C) groups is 1. The summed E-state index contributed by atoms with van der Waals surface area (Å²) in [6, 6.07) is 10.7. The van der Waals surface area contributed by atoms with Gasteiger partial charge in [0.2, 0.25) is 47.3 Å². The number of hydrogen-bond acceptors (Lipinski definition) is 13. The number of phenols is 1. The number of para-hydroxylation sites is 2. The number of likely N-dealkylation sites (N-methyl/N-ethyl adjacent to an activating group) is 1. The van der Waals surface area contributed by atoms with Crippen molar-refractivity contribution in [3.8, 4) is 5.75 Å². The van der Waals surface area contributed by atoms with E-state index in [4.69, 9.17) is 11.5 Å². The molecule has 3 aromatic carbocycles. The normalized spacial score (nSPS) is 15.5. The highest BCUT2D eigenvalue weighted by molar-refractivity contribution is 5.99. The lowest BCUT2D eigenvalue weighted by Crippen LogP contribution is -2.61. The van der Waals surface area contributed by atoms with Crippen LogP contribution >= 0.6 is 0 Å². The Bertz CT molecular complexity index is 3340. The largest absolute Gasteiger partial charge is 0.508 e. The predicted octanol–water partition coefficient (Wildman–Crippen LogP) is 0.845. The van der Waals surface area contributed by atoms with Crippen molar-refractivity contribution in [1.82, 2.24) is 67.4 Å². The van der Waals surface area contributed by atoms with Crippen molar-refractivity contribution in [2.75, 3.05) is 32.8 Å². The Morgan fingerprint density at radius 2 is 1.20 bits per heavy atom. The van der Waals surface area contributed by atoms with Gasteiger partial charge in [-0.15, -0.1) is 0 Å². The third kappa shape index (κ3) is 18.6. The molecule has 0 radical (unpaired) electrons. The average molecular weight is 1210 g/mol. The summed E-state index contributed by atoms with van der Waals surface area (Å²) in [6.07, 6.45) is 8.50. The fourth-order valence-corrected chi connectivity index (χ4v) is 10.8. The van der Waals surface area contributed by atoms with Gasteiger partial charge in [0.25, 0.3) is 0 Å². The number of phenolic OH excluding ortho intramolecular Hbond substituents is 1. The van der Waals surface area contributed by atoms with Crippen LogP contribution < -0.4 is 54.0 Å². The molecule has 472 valence electrons. The zero-order valence-corrected chi connectivity index (χ0v) is 50.2. The zero-order chi connectivity index (χ0) is 63.3. The lowest BCUT2D eigenvalue weighted by Gasteiger charge is -2.30. The first kappa shape index (κ1) is 66.2. The van der Waals surface area contributed by atoms with Crippen molar-refractivity contribution in [3.05, 3.63) is 120 Å². The van der Waals surface area contributed by atoms with E-state index in [2.05, 4.69) is 67.5 Å². The zero-order valence-electron chi connectivity index (χ0n) is 50.2. The van der Waals surface area contributed by atoms with Crippen LogP contribution in [0.4, 0.5) is 0 Å². The highest BCUT2D eigenvalue weighted by atomic mass is 16.3. The van der Waals surface area contributed by atoms with Crippen LogP contribution in [0.5, 0.6) is 5.75 Å². The van der Waals surface area contributed by atoms with E-state index in [9.17, 15) is 39.0 Å². The minimum atomic E-state index is -1.68. The molecule has 1 saturated heterocycles. The molecule has 0 spiro atoms. The molecule has 0 bridgehead atoms. The first-order chi connectivity index (χ1) is 42.3. The second kappa shape index (κ2) is 32.4. The van der Waals surface area contributed by atoms with Crippen molar-refractivity contribution in [2.24, 2.45) is 22.4 Å². The minimum absolute atomic E-state index is 0.0327. The minimum Gasteiger partial charge on any atom is -0.508 e. The molecule has 88 heavy (non-hydrogen) atoms. The highest BCUT2D eigenvalue weighted by Gasteiger charge is 2.39. The van der Waals surface area contributed by atoms with Crippen LogP contribution in [0.1, 0.15) is 88.6 Å². The number of nitrogens with one attached hydrogen (secondary N) is 11. The number of aliphatic hydroxyl groups excluding tert-OH is 1. The van der Waals surface area contributed by atoms with E-state index in [0.717, 1.165) is 21.8 Å². The van der Waals surface area contributed by atoms with E-state index >= 15 is 9.59 Å². The number of carbonyl (C=O) groups excluding carboxylic acids is 8. The molecular formula is C62H84N16O10. The SMILES string of the molecule is CCCN[C@@H](Cc1cnc[nH]1)C(=O)N[C@@H](Cc1c[nH]c2ccccc12)C(=O)N[C@@H](CO)C(=O)N[C@@H](Cc1ccc(O)cc1)C(=O)N[C@H](Cc1c[nH]c2ccccc12)C(=O)N[C@@H](CC(C)C)C(=O)N[C@@H](CCCN=C(N)N)C(=O)N1CCC[C@H]1C(=O)NCC. The number of H-pyrrole nitrogens is 3. The number of aliphatic hydroxyl groups is 1. The second-order valence-electron chi connectivity index (χ2n) is 22.5. The summed E-state index contributed by atoms with van der Waals surface area (Å²) in [5.74, 6) is -5.90. The average Bonchev–Trinajstić information content (AvgIpc) is 3.36. The Morgan fingerprint density at radius 1 is 0.670 bits per heavy atom. The topological polar surface area (TPSA) is 401 Å². The first-order valence-electron chi connectivity index (χ1n) is 30.0. The molecule has 7 rings (SSSR count). The second-order valence-corrected chi connectivity index (χ2v) is 22.5. The summed E-state index contributed by atoms with van der Waals surface area (Å²) in [6.45, 7) is 7.75. The van der Waals surface area contributed by atoms with E-state index in [1.54, 1.807) is 25.5 Å². The van der Waals surface area contributed by atoms with Gasteiger partial charge in [0.1, 0.15) is 48.0 Å². The fourth-order valence-electron chi connectivity index (χ4n) is 10.8. The molecule has 6 aromatic rings. The number of guanidine groups is 1. The molecule has 0 unspecified atom stereocenters. The summed E-state index contributed by atoms with van der Waals surface area (Å²) in [5.41, 5.74) is 15.1. The molecule has 1 aliphatic heterocycles. The number of nitrogens with two attached hydrogens (primary N) is 2. The Labute approximate surface area is 510 Å². The monoisotopic (exact) mass is 1210 g/mol. The number of likely N-dealkylation sites (tertiary alicyclic amines) is 1. The lowest BCUT2D eigenvalue weighted by molar-refractivity contribution is -0.142. The fraction of sp³-hybridized carbons (Fsp3) is 0.452. The summed E-state index contributed by atoms with van der Waals surface area (Å²) in [4.78, 5) is 134. The summed E-state index contributed by atoms with van der Waals surface area (Å²) >= 11 is 0. The van der Waals surface area contributed by atoms with E-state index < -0.39 is 96.3 Å². The number of aromatic amines is 3. The Morgan fingerprint density at radius 3 is 1.75 bits per heavy atom. The van der Waals surface area contributed by atoms with Gasteiger partial charge in [-0.3, -0.25) is 43.3 Å². The number of fused-ring (bicyclic) bond motifs is 2. The summed E-state index contributed by atoms with van der Waals surface area (Å²) in [7, 11) is 0. The smallest absolute Gasteiger partial charge is 0.245 e. The van der Waals surface area contributed by atoms with Crippen LogP contribution in [0.2, 0.25) is 0 Å². The molecule has 8 atom stereocenters. The molecule has 0 saturated carbocycles. The van der Waals surface area contributed by atoms with Crippen LogP contribution in [0.15, 0.2) is 103 Å². The Hall–Kier alpha value is -9.30. The highest BCUT2D eigenvalue weighted by Crippen LogP contribution is 2.23. The third-order valence-electron chi connectivity index (χ3n) is 15.3. The van der Waals surface area contributed by atoms with Crippen LogP contribution in [-0.2, 0) is 64.0 Å². The van der Waals surface area contributed by atoms with Gasteiger partial charge in [0.15, 0.2) is 5.96 Å². The van der Waals surface area contributed by atoms with Gasteiger partial charge >= 0.3 is 0 Å². The van der Waals surface area contributed by atoms with Crippen LogP contribution in [0, 0.1) is 5.92 Å². The quantitative estimate of drug-likeness (QED) is 0.0154. The van der Waals surface area contributed by atoms with Gasteiger partial charge in [-0.2, -0.15) is 0 Å². The molecular weight excluding hydrogens is 1130 g/mol. The maximum atomic E-state index is 15.0. The van der Waals surface area contributed by atoms with Crippen LogP contribution in [0.25, 0.3) is 21.8 Å². The number of amides is 8. The van der Waals surface area contributed by atoms with Gasteiger partial charge in [0.05, 0.1) is 19.0 Å². The van der Waals surface area contributed by atoms with Crippen molar-refractivity contribution >= 4 is 75.0 Å². The molecule has 1 aliphatic rings. The van der Waals surface area contributed by atoms with E-state index in [0.29, 0.717) is 54.7 Å². The summed E-state index contributed by atoms with van der Waals surface area (Å²) < 4.78 is 0. The molecule has 3 aromatic heterocycles. The number of aromatic nitrogens is 4. The predicted molar refractivity (Wildman–Crippen MR) is 332 cm³/mol. The van der Waals surface area contributed by atoms with Gasteiger partial charge in [-0.05, 0) is 98.9 Å². The summed E-state index contributed by atoms with van der Waals surface area (Å²) in [5, 5.41) is 45.3. The van der Waals surface area contributed by atoms with Crippen molar-refractivity contribution in [2.45, 2.75) is 140 Å². The van der Waals surface area contributed by atoms with Crippen molar-refractivity contribution in [3.63, 3.8) is 0 Å². The van der Waals surface area contributed by atoms with E-state index in [1.165, 1.54) is 35.5 Å². The molecule has 26 heteroatoms. The standard InChI is InChI=1S/C62H84N16O10/c1-5-23-67-47(30-40-33-65-35-71-40)54(81)75-51(29-39-32-70-45-16-10-8-14-43(39)45)58(85)77-52(34-79)59(86)74-49(27-37-19-21-41(80)22-20-37)56(83)76-50(28-38-31-69-44-15-9-7-13-42(38)44)57(84)73-48(26-36(3)4)55(82)72-46(17-11-24-68-62(63)64)61(88)78-25-12-18-53(78)60(87)66-6-2/h7-10,13-16,19-22,31-33,35-36,46-53,67,69-70,79-80H,5-6,11-12,17-18,23-30,34H2,1-4H3,(H,65,71)(H,66,87)(H,72,82)(H,73,84)(H,74,86)(H,75,81)(H,76,83)(H,77,85)(H4,63,64,68)/t46-,47-,48-,49-,50+,51-,52-,53-/m0/s1. The molecule has 26 nitrogen and oxygen atoms in total. The van der Waals surface area contributed by atoms with Gasteiger partial charge in [-0.1, -0.05) is 69.3 Å². The Kier molecular flexibility index (Phi) is 24.4. The Balaban J connectivity index is 1.15. The number of rotatable bonds is 33. The van der Waals surface area contributed by atoms with Gasteiger partial charge < -0.3 is 84.1 Å². The maximum Gasteiger partial charge on any atom is 0.245 e. The van der Waals surface area contributed by atoms with Crippen LogP contribution in [0.3, 0.4) is 0 Å². The van der Waals surface area contributed by atoms with Crippen LogP contribution in [-0.4, -0.2) is 169 Å². The number of imidazole rings is 1. The van der Waals surface area contributed by atoms with Gasteiger partial charge in [0, 0.05) is 91.4 Å². The molecule has 0 aliphatic carbocycles. The maximum absolute atomic E-state index is 15.0. The number of nitrogens with zero attached hydrogens (tertiary/aromatic N) is 3. The van der Waals surface area contributed by atoms with E-state index in [1.807, 2.05) is 69.3 Å². The van der Waals surface area contributed by atoms with E-state index in [-0.39, 0.29) is 81.6 Å². The van der Waals surface area contributed by atoms with Crippen molar-refractivity contribution in [1.29, 1.82) is 0 Å². The van der Waals surface area contributed by atoms with Crippen molar-refractivity contribution < 1.29 is 48.6 Å². The number of benzene rings is 3. The number of hydrogen-bond donors (Lipinski definition) is 15. The first-order valence-corrected chi connectivity index (χ1v) is 30.0. The van der Waals surface area contributed by atoms with Gasteiger partial charge in [-0.25, -0.2) is 4.98 Å². The molecule has 1 fully saturated rings. The molecule has 17 N–H and O–H groups in total. The molecule has 4 heterocycles. The lowest BCUT2D eigenvalue weighted by atomic mass is 9.99. The number of carbonyl (C=O) groups is 8. The third-order valence-corrected chi connectivity index (χ3v) is 15.3. The number of aromatic hydroxyl groups is 1.